The topological polar surface area (TPSA) is 32.3 Å². The highest BCUT2D eigenvalue weighted by Gasteiger charge is 2.22. The minimum Gasteiger partial charge on any atom is -0.309 e. The minimum absolute atomic E-state index is 0.410. The first-order chi connectivity index (χ1) is 9.66. The molecule has 1 aromatic carbocycles. The normalized spacial score (nSPS) is 24.0. The third-order valence-corrected chi connectivity index (χ3v) is 4.89. The molecular weight excluding hydrogens is 268 g/mol. The van der Waals surface area contributed by atoms with Gasteiger partial charge in [0.15, 0.2) is 0 Å². The first-order valence-corrected chi connectivity index (χ1v) is 9.22. The van der Waals surface area contributed by atoms with Gasteiger partial charge in [-0.05, 0) is 38.4 Å². The van der Waals surface area contributed by atoms with Crippen molar-refractivity contribution in [3.8, 4) is 0 Å². The summed E-state index contributed by atoms with van der Waals surface area (Å²) in [5.41, 5.74) is 1.37. The number of hydrogen-bond acceptors (Lipinski definition) is 3. The van der Waals surface area contributed by atoms with E-state index in [1.807, 2.05) is 0 Å². The van der Waals surface area contributed by atoms with Crippen LogP contribution in [0.1, 0.15) is 31.4 Å². The van der Waals surface area contributed by atoms with Gasteiger partial charge >= 0.3 is 0 Å². The van der Waals surface area contributed by atoms with E-state index >= 15 is 0 Å². The number of hydrogen-bond donors (Lipinski definition) is 1. The summed E-state index contributed by atoms with van der Waals surface area (Å²) < 4.78 is 11.3. The van der Waals surface area contributed by atoms with Crippen LogP contribution in [0.25, 0.3) is 0 Å². The highest BCUT2D eigenvalue weighted by atomic mass is 32.2. The van der Waals surface area contributed by atoms with E-state index in [0.717, 1.165) is 31.8 Å². The zero-order valence-electron chi connectivity index (χ0n) is 12.5. The first-order valence-electron chi connectivity index (χ1n) is 7.49. The maximum atomic E-state index is 11.3. The number of nitrogens with one attached hydrogen (secondary N) is 1. The van der Waals surface area contributed by atoms with Crippen molar-refractivity contribution in [2.75, 3.05) is 31.6 Å². The van der Waals surface area contributed by atoms with Gasteiger partial charge in [-0.3, -0.25) is 9.11 Å². The summed E-state index contributed by atoms with van der Waals surface area (Å²) in [5.74, 6) is 0.807. The summed E-state index contributed by atoms with van der Waals surface area (Å²) in [5, 5.41) is 3.65. The molecule has 112 valence electrons. The maximum absolute atomic E-state index is 11.3. The highest BCUT2D eigenvalue weighted by molar-refractivity contribution is 7.84. The van der Waals surface area contributed by atoms with Crippen molar-refractivity contribution in [3.05, 3.63) is 35.9 Å². The summed E-state index contributed by atoms with van der Waals surface area (Å²) in [4.78, 5) is 2.55. The Morgan fingerprint density at radius 2 is 2.15 bits per heavy atom. The van der Waals surface area contributed by atoms with Gasteiger partial charge in [0.1, 0.15) is 0 Å². The van der Waals surface area contributed by atoms with E-state index in [9.17, 15) is 4.21 Å². The molecule has 1 saturated heterocycles. The van der Waals surface area contributed by atoms with Crippen molar-refractivity contribution in [2.24, 2.45) is 0 Å². The van der Waals surface area contributed by atoms with Gasteiger partial charge in [0.25, 0.3) is 0 Å². The fraction of sp³-hybridized carbons (Fsp3) is 0.625. The summed E-state index contributed by atoms with van der Waals surface area (Å²) in [6.07, 6.45) is 4.00. The van der Waals surface area contributed by atoms with Crippen LogP contribution >= 0.6 is 0 Å². The molecule has 3 atom stereocenters. The van der Waals surface area contributed by atoms with Gasteiger partial charge in [-0.25, -0.2) is 0 Å². The second-order valence-electron chi connectivity index (χ2n) is 5.68. The summed E-state index contributed by atoms with van der Waals surface area (Å²) in [6, 6.07) is 11.6. The molecule has 20 heavy (non-hydrogen) atoms. The smallest absolute Gasteiger partial charge is 0.0449 e. The Labute approximate surface area is 125 Å². The molecule has 3 nitrogen and oxygen atoms in total. The average molecular weight is 294 g/mol. The van der Waals surface area contributed by atoms with Crippen LogP contribution in [0.3, 0.4) is 0 Å². The predicted molar refractivity (Wildman–Crippen MR) is 86.4 cm³/mol. The van der Waals surface area contributed by atoms with Gasteiger partial charge < -0.3 is 5.32 Å². The molecule has 0 radical (unpaired) electrons. The Morgan fingerprint density at radius 1 is 1.40 bits per heavy atom. The first kappa shape index (κ1) is 15.7. The maximum Gasteiger partial charge on any atom is 0.0449 e. The van der Waals surface area contributed by atoms with E-state index in [2.05, 4.69) is 47.5 Å². The second-order valence-corrected chi connectivity index (χ2v) is 7.24. The lowest BCUT2D eigenvalue weighted by atomic mass is 10.1. The zero-order valence-corrected chi connectivity index (χ0v) is 13.4. The third kappa shape index (κ3) is 4.69. The van der Waals surface area contributed by atoms with Gasteiger partial charge in [0, 0.05) is 41.4 Å². The van der Waals surface area contributed by atoms with E-state index in [-0.39, 0.29) is 0 Å². The Morgan fingerprint density at radius 3 is 2.85 bits per heavy atom. The molecule has 3 unspecified atom stereocenters. The molecule has 0 saturated carbocycles. The van der Waals surface area contributed by atoms with Crippen LogP contribution in [0, 0.1) is 0 Å². The summed E-state index contributed by atoms with van der Waals surface area (Å²) >= 11 is 0. The molecule has 2 rings (SSSR count). The van der Waals surface area contributed by atoms with Crippen LogP contribution in [0.15, 0.2) is 30.3 Å². The number of benzene rings is 1. The fourth-order valence-electron chi connectivity index (χ4n) is 2.78. The van der Waals surface area contributed by atoms with Crippen LogP contribution in [-0.4, -0.2) is 46.8 Å². The Kier molecular flexibility index (Phi) is 6.20. The molecule has 1 aliphatic rings. The van der Waals surface area contributed by atoms with E-state index in [0.29, 0.717) is 12.1 Å². The molecule has 0 aromatic heterocycles. The van der Waals surface area contributed by atoms with Crippen molar-refractivity contribution in [2.45, 2.75) is 31.8 Å². The molecule has 1 aromatic rings. The van der Waals surface area contributed by atoms with Crippen LogP contribution in [0.2, 0.25) is 0 Å². The number of rotatable bonds is 5. The lowest BCUT2D eigenvalue weighted by Gasteiger charge is -2.30. The predicted octanol–water partition coefficient (Wildman–Crippen LogP) is 2.18. The van der Waals surface area contributed by atoms with Gasteiger partial charge in [-0.2, -0.15) is 0 Å². The molecule has 0 amide bonds. The lowest BCUT2D eigenvalue weighted by molar-refractivity contribution is 0.201. The summed E-state index contributed by atoms with van der Waals surface area (Å²) in [6.45, 7) is 5.51. The lowest BCUT2D eigenvalue weighted by Crippen LogP contribution is -2.38. The van der Waals surface area contributed by atoms with Gasteiger partial charge in [-0.1, -0.05) is 30.3 Å². The number of nitrogens with zero attached hydrogens (tertiary/aromatic N) is 1. The van der Waals surface area contributed by atoms with Crippen molar-refractivity contribution in [3.63, 3.8) is 0 Å². The average Bonchev–Trinajstić information content (AvgIpc) is 2.71. The van der Waals surface area contributed by atoms with E-state index in [1.165, 1.54) is 12.0 Å². The molecular formula is C16H26N2OS. The van der Waals surface area contributed by atoms with E-state index in [1.54, 1.807) is 6.26 Å². The standard InChI is InChI=1S/C16H26N2OS/c1-14(9-12-20(2)19)18-11-6-10-17-16(13-18)15-7-4-3-5-8-15/h3-5,7-8,14,16-17H,6,9-13H2,1-2H3. The van der Waals surface area contributed by atoms with Crippen LogP contribution in [0.5, 0.6) is 0 Å². The second kappa shape index (κ2) is 7.91. The fourth-order valence-corrected chi connectivity index (χ4v) is 3.45. The minimum atomic E-state index is -0.682. The van der Waals surface area contributed by atoms with Gasteiger partial charge in [-0.15, -0.1) is 0 Å². The van der Waals surface area contributed by atoms with Crippen molar-refractivity contribution in [1.82, 2.24) is 10.2 Å². The molecule has 0 spiro atoms. The molecule has 4 heteroatoms. The van der Waals surface area contributed by atoms with E-state index in [4.69, 9.17) is 0 Å². The quantitative estimate of drug-likeness (QED) is 0.903. The SMILES string of the molecule is CC(CCS(C)=O)N1CCCNC(c2ccccc2)C1. The van der Waals surface area contributed by atoms with Crippen LogP contribution in [-0.2, 0) is 10.8 Å². The summed E-state index contributed by atoms with van der Waals surface area (Å²) in [7, 11) is -0.682. The van der Waals surface area contributed by atoms with Crippen LogP contribution in [0.4, 0.5) is 0 Å². The largest absolute Gasteiger partial charge is 0.309 e. The van der Waals surface area contributed by atoms with Crippen molar-refractivity contribution >= 4 is 10.8 Å². The monoisotopic (exact) mass is 294 g/mol. The van der Waals surface area contributed by atoms with Gasteiger partial charge in [0.05, 0.1) is 0 Å². The van der Waals surface area contributed by atoms with E-state index < -0.39 is 10.8 Å². The van der Waals surface area contributed by atoms with Crippen LogP contribution < -0.4 is 5.32 Å². The van der Waals surface area contributed by atoms with Crippen molar-refractivity contribution < 1.29 is 4.21 Å². The Balaban J connectivity index is 1.98. The van der Waals surface area contributed by atoms with Crippen molar-refractivity contribution in [1.29, 1.82) is 0 Å². The Hall–Kier alpha value is -0.710. The molecule has 0 aliphatic carbocycles. The molecule has 1 aliphatic heterocycles. The molecule has 0 bridgehead atoms. The third-order valence-electron chi connectivity index (χ3n) is 4.08. The Bertz CT molecular complexity index is 424. The zero-order chi connectivity index (χ0) is 14.4. The molecule has 1 N–H and O–H groups in total. The molecule has 1 fully saturated rings. The molecule has 1 heterocycles. The highest BCUT2D eigenvalue weighted by Crippen LogP contribution is 2.19. The van der Waals surface area contributed by atoms with Gasteiger partial charge in [0.2, 0.25) is 0 Å².